The molecule has 2 aromatic rings. The van der Waals surface area contributed by atoms with Gasteiger partial charge in [0.1, 0.15) is 0 Å². The molecule has 4 heteroatoms. The fourth-order valence-corrected chi connectivity index (χ4v) is 3.25. The molecule has 1 aliphatic heterocycles. The number of nitrogens with two attached hydrogens (primary N) is 1. The van der Waals surface area contributed by atoms with Gasteiger partial charge in [0.15, 0.2) is 0 Å². The molecule has 25 heavy (non-hydrogen) atoms. The normalized spacial score (nSPS) is 14.1. The van der Waals surface area contributed by atoms with Gasteiger partial charge >= 0.3 is 0 Å². The molecule has 3 N–H and O–H groups in total. The summed E-state index contributed by atoms with van der Waals surface area (Å²) in [5.74, 6) is 0.424. The Labute approximate surface area is 150 Å². The van der Waals surface area contributed by atoms with Crippen molar-refractivity contribution in [1.82, 2.24) is 5.32 Å². The molecule has 0 aliphatic carbocycles. The van der Waals surface area contributed by atoms with E-state index in [1.54, 1.807) is 6.07 Å². The second-order valence-corrected chi connectivity index (χ2v) is 7.05. The number of nitrogens with zero attached hydrogens (tertiary/aromatic N) is 1. The molecule has 1 saturated heterocycles. The smallest absolute Gasteiger partial charge is 0.251 e. The molecule has 1 amide bonds. The Kier molecular flexibility index (Phi) is 5.27. The zero-order chi connectivity index (χ0) is 17.8. The van der Waals surface area contributed by atoms with Gasteiger partial charge in [-0.15, -0.1) is 0 Å². The lowest BCUT2D eigenvalue weighted by molar-refractivity contribution is 0.0951. The summed E-state index contributed by atoms with van der Waals surface area (Å²) in [5, 5.41) is 2.97. The maximum absolute atomic E-state index is 12.4. The average molecular weight is 337 g/mol. The highest BCUT2D eigenvalue weighted by atomic mass is 16.1. The van der Waals surface area contributed by atoms with Crippen molar-refractivity contribution >= 4 is 17.3 Å². The van der Waals surface area contributed by atoms with Crippen molar-refractivity contribution in [2.24, 2.45) is 0 Å². The lowest BCUT2D eigenvalue weighted by Gasteiger charge is -2.20. The van der Waals surface area contributed by atoms with Crippen LogP contribution in [-0.4, -0.2) is 19.0 Å². The fraction of sp³-hybridized carbons (Fsp3) is 0.381. The molecule has 0 unspecified atom stereocenters. The summed E-state index contributed by atoms with van der Waals surface area (Å²) in [6.45, 7) is 6.95. The molecule has 0 spiro atoms. The predicted octanol–water partition coefficient (Wildman–Crippen LogP) is 3.92. The second-order valence-electron chi connectivity index (χ2n) is 7.05. The molecule has 132 valence electrons. The van der Waals surface area contributed by atoms with E-state index < -0.39 is 0 Å². The number of hydrogen-bond acceptors (Lipinski definition) is 3. The Hall–Kier alpha value is -2.49. The van der Waals surface area contributed by atoms with E-state index in [-0.39, 0.29) is 5.91 Å². The summed E-state index contributed by atoms with van der Waals surface area (Å²) in [6.07, 6.45) is 2.41. The molecule has 4 nitrogen and oxygen atoms in total. The number of anilines is 2. The molecule has 0 atom stereocenters. The lowest BCUT2D eigenvalue weighted by Crippen LogP contribution is -2.24. The van der Waals surface area contributed by atoms with Crippen LogP contribution in [0.15, 0.2) is 42.5 Å². The molecule has 3 rings (SSSR count). The van der Waals surface area contributed by atoms with Crippen molar-refractivity contribution in [3.05, 3.63) is 59.2 Å². The van der Waals surface area contributed by atoms with E-state index in [2.05, 4.69) is 48.3 Å². The van der Waals surface area contributed by atoms with Gasteiger partial charge in [-0.05, 0) is 48.1 Å². The average Bonchev–Trinajstić information content (AvgIpc) is 3.14. The zero-order valence-electron chi connectivity index (χ0n) is 15.1. The van der Waals surface area contributed by atoms with Gasteiger partial charge < -0.3 is 16.0 Å². The number of carbonyl (C=O) groups excluding carboxylic acids is 1. The maximum Gasteiger partial charge on any atom is 0.251 e. The van der Waals surface area contributed by atoms with Crippen molar-refractivity contribution in [3.8, 4) is 0 Å². The maximum atomic E-state index is 12.4. The van der Waals surface area contributed by atoms with Crippen molar-refractivity contribution < 1.29 is 4.79 Å². The van der Waals surface area contributed by atoms with Crippen LogP contribution in [0.1, 0.15) is 54.1 Å². The number of rotatable bonds is 5. The van der Waals surface area contributed by atoms with Gasteiger partial charge in [0.05, 0.1) is 11.4 Å². The van der Waals surface area contributed by atoms with Gasteiger partial charge in [-0.1, -0.05) is 38.1 Å². The van der Waals surface area contributed by atoms with E-state index in [1.165, 1.54) is 18.4 Å². The first-order valence-corrected chi connectivity index (χ1v) is 9.06. The number of nitrogens with one attached hydrogen (secondary N) is 1. The standard InChI is InChI=1S/C21H27N3O/c1-15(2)17-7-5-16(6-8-17)14-23-21(25)18-9-10-20(19(22)13-18)24-11-3-4-12-24/h5-10,13,15H,3-4,11-12,14,22H2,1-2H3,(H,23,25). The van der Waals surface area contributed by atoms with E-state index in [0.717, 1.165) is 24.3 Å². The molecule has 0 saturated carbocycles. The summed E-state index contributed by atoms with van der Waals surface area (Å²) < 4.78 is 0. The summed E-state index contributed by atoms with van der Waals surface area (Å²) in [6, 6.07) is 14.0. The molecular formula is C21H27N3O. The summed E-state index contributed by atoms with van der Waals surface area (Å²) in [4.78, 5) is 14.7. The van der Waals surface area contributed by atoms with E-state index in [1.807, 2.05) is 12.1 Å². The molecule has 1 fully saturated rings. The van der Waals surface area contributed by atoms with Gasteiger partial charge in [0, 0.05) is 25.2 Å². The van der Waals surface area contributed by atoms with Crippen LogP contribution < -0.4 is 16.0 Å². The van der Waals surface area contributed by atoms with Crippen LogP contribution in [0.4, 0.5) is 11.4 Å². The van der Waals surface area contributed by atoms with Crippen LogP contribution in [0.3, 0.4) is 0 Å². The van der Waals surface area contributed by atoms with Crippen LogP contribution in [-0.2, 0) is 6.54 Å². The van der Waals surface area contributed by atoms with E-state index in [0.29, 0.717) is 23.7 Å². The van der Waals surface area contributed by atoms with Crippen LogP contribution in [0.2, 0.25) is 0 Å². The summed E-state index contributed by atoms with van der Waals surface area (Å²) in [7, 11) is 0. The fourth-order valence-electron chi connectivity index (χ4n) is 3.25. The minimum atomic E-state index is -0.0902. The van der Waals surface area contributed by atoms with E-state index in [4.69, 9.17) is 5.73 Å². The van der Waals surface area contributed by atoms with Crippen LogP contribution >= 0.6 is 0 Å². The minimum absolute atomic E-state index is 0.0902. The van der Waals surface area contributed by atoms with Crippen LogP contribution in [0, 0.1) is 0 Å². The first-order chi connectivity index (χ1) is 12.0. The Bertz CT molecular complexity index is 731. The van der Waals surface area contributed by atoms with Crippen LogP contribution in [0.25, 0.3) is 0 Å². The van der Waals surface area contributed by atoms with Gasteiger partial charge in [-0.2, -0.15) is 0 Å². The number of amides is 1. The SMILES string of the molecule is CC(C)c1ccc(CNC(=O)c2ccc(N3CCCC3)c(N)c2)cc1. The number of carbonyl (C=O) groups is 1. The lowest BCUT2D eigenvalue weighted by atomic mass is 10.0. The van der Waals surface area contributed by atoms with Crippen LogP contribution in [0.5, 0.6) is 0 Å². The zero-order valence-corrected chi connectivity index (χ0v) is 15.1. The highest BCUT2D eigenvalue weighted by Crippen LogP contribution is 2.27. The van der Waals surface area contributed by atoms with E-state index >= 15 is 0 Å². The number of benzene rings is 2. The Morgan fingerprint density at radius 2 is 1.80 bits per heavy atom. The van der Waals surface area contributed by atoms with Gasteiger partial charge in [0.25, 0.3) is 5.91 Å². The molecule has 0 aromatic heterocycles. The third kappa shape index (κ3) is 4.13. The summed E-state index contributed by atoms with van der Waals surface area (Å²) in [5.41, 5.74) is 10.9. The molecule has 1 aliphatic rings. The van der Waals surface area contributed by atoms with Gasteiger partial charge in [-0.25, -0.2) is 0 Å². The Balaban J connectivity index is 1.62. The molecule has 2 aromatic carbocycles. The third-order valence-corrected chi connectivity index (χ3v) is 4.84. The topological polar surface area (TPSA) is 58.4 Å². The van der Waals surface area contributed by atoms with Crippen molar-refractivity contribution in [2.75, 3.05) is 23.7 Å². The third-order valence-electron chi connectivity index (χ3n) is 4.84. The van der Waals surface area contributed by atoms with Crippen molar-refractivity contribution in [1.29, 1.82) is 0 Å². The molecule has 1 heterocycles. The highest BCUT2D eigenvalue weighted by Gasteiger charge is 2.16. The molecular weight excluding hydrogens is 310 g/mol. The molecule has 0 radical (unpaired) electrons. The highest BCUT2D eigenvalue weighted by molar-refractivity contribution is 5.96. The summed E-state index contributed by atoms with van der Waals surface area (Å²) >= 11 is 0. The van der Waals surface area contributed by atoms with Gasteiger partial charge in [0.2, 0.25) is 0 Å². The first-order valence-electron chi connectivity index (χ1n) is 9.06. The second kappa shape index (κ2) is 7.60. The number of nitrogen functional groups attached to an aromatic ring is 1. The first kappa shape index (κ1) is 17.3. The Morgan fingerprint density at radius 3 is 2.40 bits per heavy atom. The largest absolute Gasteiger partial charge is 0.397 e. The van der Waals surface area contributed by atoms with E-state index in [9.17, 15) is 4.79 Å². The molecule has 0 bridgehead atoms. The van der Waals surface area contributed by atoms with Gasteiger partial charge in [-0.3, -0.25) is 4.79 Å². The minimum Gasteiger partial charge on any atom is -0.397 e. The Morgan fingerprint density at radius 1 is 1.12 bits per heavy atom. The predicted molar refractivity (Wildman–Crippen MR) is 104 cm³/mol. The quantitative estimate of drug-likeness (QED) is 0.813. The number of hydrogen-bond donors (Lipinski definition) is 2. The van der Waals surface area contributed by atoms with Crippen molar-refractivity contribution in [3.63, 3.8) is 0 Å². The van der Waals surface area contributed by atoms with Crippen molar-refractivity contribution in [2.45, 2.75) is 39.2 Å². The monoisotopic (exact) mass is 337 g/mol.